The minimum absolute atomic E-state index is 0.191. The Labute approximate surface area is 119 Å². The summed E-state index contributed by atoms with van der Waals surface area (Å²) in [6.07, 6.45) is 2.56. The molecule has 2 heterocycles. The van der Waals surface area contributed by atoms with Gasteiger partial charge in [0.25, 0.3) is 5.69 Å². The van der Waals surface area contributed by atoms with Crippen LogP contribution in [0.3, 0.4) is 0 Å². The van der Waals surface area contributed by atoms with Crippen molar-refractivity contribution in [1.82, 2.24) is 9.88 Å². The summed E-state index contributed by atoms with van der Waals surface area (Å²) in [6.45, 7) is 8.16. The van der Waals surface area contributed by atoms with Gasteiger partial charge in [0.05, 0.1) is 10.6 Å². The van der Waals surface area contributed by atoms with Gasteiger partial charge in [0.2, 0.25) is 0 Å². The lowest BCUT2D eigenvalue weighted by Crippen LogP contribution is -2.45. The summed E-state index contributed by atoms with van der Waals surface area (Å²) in [7, 11) is 0. The van der Waals surface area contributed by atoms with Gasteiger partial charge in [-0.25, -0.2) is 0 Å². The number of nitrogens with two attached hydrogens (primary N) is 1. The van der Waals surface area contributed by atoms with E-state index in [4.69, 9.17) is 5.73 Å². The van der Waals surface area contributed by atoms with Crippen LogP contribution < -0.4 is 5.73 Å². The first-order valence-electron chi connectivity index (χ1n) is 6.97. The zero-order valence-electron chi connectivity index (χ0n) is 12.3. The lowest BCUT2D eigenvalue weighted by molar-refractivity contribution is -0.386. The van der Waals surface area contributed by atoms with E-state index in [0.717, 1.165) is 25.2 Å². The van der Waals surface area contributed by atoms with Crippen molar-refractivity contribution in [3.05, 3.63) is 33.1 Å². The Morgan fingerprint density at radius 2 is 2.25 bits per heavy atom. The minimum atomic E-state index is -0.315. The van der Waals surface area contributed by atoms with Crippen molar-refractivity contribution in [2.75, 3.05) is 13.1 Å². The summed E-state index contributed by atoms with van der Waals surface area (Å²) in [4.78, 5) is 17.5. The maximum Gasteiger partial charge on any atom is 0.278 e. The SMILES string of the molecule is Cc1cnc(CN2CCC(N)C(C)C2)c(C)c1[N+](=O)[O-]. The highest BCUT2D eigenvalue weighted by Crippen LogP contribution is 2.26. The lowest BCUT2D eigenvalue weighted by Gasteiger charge is -2.35. The molecule has 0 amide bonds. The summed E-state index contributed by atoms with van der Waals surface area (Å²) < 4.78 is 0. The number of aryl methyl sites for hydroxylation is 1. The van der Waals surface area contributed by atoms with Crippen LogP contribution in [0.1, 0.15) is 30.2 Å². The summed E-state index contributed by atoms with van der Waals surface area (Å²) >= 11 is 0. The van der Waals surface area contributed by atoms with Gasteiger partial charge in [-0.1, -0.05) is 6.92 Å². The topological polar surface area (TPSA) is 85.3 Å². The van der Waals surface area contributed by atoms with Gasteiger partial charge in [0.15, 0.2) is 0 Å². The normalized spacial score (nSPS) is 23.8. The molecule has 1 aromatic rings. The Morgan fingerprint density at radius 3 is 2.85 bits per heavy atom. The Bertz CT molecular complexity index is 518. The highest BCUT2D eigenvalue weighted by molar-refractivity contribution is 5.47. The highest BCUT2D eigenvalue weighted by atomic mass is 16.6. The number of hydrogen-bond acceptors (Lipinski definition) is 5. The van der Waals surface area contributed by atoms with E-state index in [1.165, 1.54) is 0 Å². The Balaban J connectivity index is 2.18. The van der Waals surface area contributed by atoms with Crippen molar-refractivity contribution in [3.63, 3.8) is 0 Å². The van der Waals surface area contributed by atoms with Crippen LogP contribution in [0.2, 0.25) is 0 Å². The lowest BCUT2D eigenvalue weighted by atomic mass is 9.94. The number of hydrogen-bond donors (Lipinski definition) is 1. The smallest absolute Gasteiger partial charge is 0.278 e. The summed E-state index contributed by atoms with van der Waals surface area (Å²) in [5.41, 5.74) is 8.30. The number of rotatable bonds is 3. The molecule has 1 aliphatic heterocycles. The minimum Gasteiger partial charge on any atom is -0.327 e. The van der Waals surface area contributed by atoms with Crippen molar-refractivity contribution < 1.29 is 4.92 Å². The predicted octanol–water partition coefficient (Wildman–Crippen LogP) is 1.78. The van der Waals surface area contributed by atoms with E-state index in [1.54, 1.807) is 20.0 Å². The zero-order valence-corrected chi connectivity index (χ0v) is 12.3. The van der Waals surface area contributed by atoms with Crippen molar-refractivity contribution in [2.45, 2.75) is 39.8 Å². The van der Waals surface area contributed by atoms with Crippen LogP contribution in [0.5, 0.6) is 0 Å². The van der Waals surface area contributed by atoms with Crippen molar-refractivity contribution in [1.29, 1.82) is 0 Å². The summed E-state index contributed by atoms with van der Waals surface area (Å²) in [5.74, 6) is 0.449. The molecule has 1 aliphatic rings. The van der Waals surface area contributed by atoms with Gasteiger partial charge in [-0.05, 0) is 26.2 Å². The first kappa shape index (κ1) is 14.9. The van der Waals surface area contributed by atoms with Gasteiger partial charge in [-0.3, -0.25) is 20.0 Å². The fraction of sp³-hybridized carbons (Fsp3) is 0.643. The second-order valence-electron chi connectivity index (χ2n) is 5.78. The van der Waals surface area contributed by atoms with E-state index in [2.05, 4.69) is 16.8 Å². The summed E-state index contributed by atoms with van der Waals surface area (Å²) in [6, 6.07) is 0.257. The fourth-order valence-electron chi connectivity index (χ4n) is 2.81. The van der Waals surface area contributed by atoms with E-state index < -0.39 is 0 Å². The molecule has 0 radical (unpaired) electrons. The first-order valence-corrected chi connectivity index (χ1v) is 6.97. The molecule has 1 saturated heterocycles. The molecular formula is C14H22N4O2. The molecule has 6 nitrogen and oxygen atoms in total. The first-order chi connectivity index (χ1) is 9.40. The molecule has 0 aromatic carbocycles. The molecule has 2 rings (SSSR count). The number of likely N-dealkylation sites (tertiary alicyclic amines) is 1. The highest BCUT2D eigenvalue weighted by Gasteiger charge is 2.25. The van der Waals surface area contributed by atoms with E-state index in [-0.39, 0.29) is 16.7 Å². The quantitative estimate of drug-likeness (QED) is 0.673. The molecule has 0 saturated carbocycles. The molecule has 1 aromatic heterocycles. The Kier molecular flexibility index (Phi) is 4.35. The second kappa shape index (κ2) is 5.85. The Hall–Kier alpha value is -1.53. The molecule has 0 bridgehead atoms. The molecule has 1 fully saturated rings. The molecule has 0 aliphatic carbocycles. The van der Waals surface area contributed by atoms with E-state index in [0.29, 0.717) is 23.6 Å². The number of piperidine rings is 1. The van der Waals surface area contributed by atoms with Crippen LogP contribution in [0, 0.1) is 29.9 Å². The second-order valence-corrected chi connectivity index (χ2v) is 5.78. The van der Waals surface area contributed by atoms with Crippen molar-refractivity contribution in [2.24, 2.45) is 11.7 Å². The molecular weight excluding hydrogens is 256 g/mol. The third-order valence-electron chi connectivity index (χ3n) is 4.19. The molecule has 2 N–H and O–H groups in total. The van der Waals surface area contributed by atoms with Crippen LogP contribution in [-0.4, -0.2) is 33.9 Å². The van der Waals surface area contributed by atoms with E-state index in [9.17, 15) is 10.1 Å². The van der Waals surface area contributed by atoms with Crippen LogP contribution in [0.15, 0.2) is 6.20 Å². The number of aromatic nitrogens is 1. The zero-order chi connectivity index (χ0) is 14.9. The number of pyridine rings is 1. The van der Waals surface area contributed by atoms with Gasteiger partial charge in [-0.15, -0.1) is 0 Å². The van der Waals surface area contributed by atoms with Crippen LogP contribution in [0.4, 0.5) is 5.69 Å². The molecule has 0 spiro atoms. The van der Waals surface area contributed by atoms with Gasteiger partial charge in [-0.2, -0.15) is 0 Å². The van der Waals surface area contributed by atoms with Crippen LogP contribution in [0.25, 0.3) is 0 Å². The van der Waals surface area contributed by atoms with Crippen LogP contribution >= 0.6 is 0 Å². The Morgan fingerprint density at radius 1 is 1.55 bits per heavy atom. The van der Waals surface area contributed by atoms with Gasteiger partial charge >= 0.3 is 0 Å². The number of nitro groups is 1. The standard InChI is InChI=1S/C14H22N4O2/c1-9-6-16-13(11(3)14(9)18(19)20)8-17-5-4-12(15)10(2)7-17/h6,10,12H,4-5,7-8,15H2,1-3H3. The molecule has 110 valence electrons. The maximum atomic E-state index is 11.1. The average Bonchev–Trinajstić information content (AvgIpc) is 2.37. The van der Waals surface area contributed by atoms with Crippen molar-refractivity contribution in [3.8, 4) is 0 Å². The van der Waals surface area contributed by atoms with Gasteiger partial charge in [0.1, 0.15) is 0 Å². The predicted molar refractivity (Wildman–Crippen MR) is 77.4 cm³/mol. The summed E-state index contributed by atoms with van der Waals surface area (Å²) in [5, 5.41) is 11.1. The third kappa shape index (κ3) is 2.96. The molecule has 2 unspecified atom stereocenters. The third-order valence-corrected chi connectivity index (χ3v) is 4.19. The van der Waals surface area contributed by atoms with Gasteiger partial charge in [0, 0.05) is 43.0 Å². The van der Waals surface area contributed by atoms with Crippen LogP contribution in [-0.2, 0) is 6.54 Å². The van der Waals surface area contributed by atoms with Gasteiger partial charge < -0.3 is 5.73 Å². The fourth-order valence-corrected chi connectivity index (χ4v) is 2.81. The molecule has 6 heteroatoms. The maximum absolute atomic E-state index is 11.1. The largest absolute Gasteiger partial charge is 0.327 e. The van der Waals surface area contributed by atoms with E-state index >= 15 is 0 Å². The average molecular weight is 278 g/mol. The molecule has 20 heavy (non-hydrogen) atoms. The van der Waals surface area contributed by atoms with E-state index in [1.807, 2.05) is 0 Å². The molecule has 2 atom stereocenters. The van der Waals surface area contributed by atoms with Crippen molar-refractivity contribution >= 4 is 5.69 Å². The number of nitrogens with zero attached hydrogens (tertiary/aromatic N) is 3. The monoisotopic (exact) mass is 278 g/mol.